The third-order valence-corrected chi connectivity index (χ3v) is 7.33. The second-order valence-electron chi connectivity index (χ2n) is 7.00. The molecule has 0 aliphatic heterocycles. The maximum Gasteiger partial charge on any atom is 0.155 e. The van der Waals surface area contributed by atoms with Crippen molar-refractivity contribution in [1.29, 1.82) is 0 Å². The highest BCUT2D eigenvalue weighted by Gasteiger charge is 2.17. The van der Waals surface area contributed by atoms with Crippen molar-refractivity contribution >= 4 is 53.9 Å². The van der Waals surface area contributed by atoms with Gasteiger partial charge in [0.25, 0.3) is 0 Å². The number of aromatic hydroxyl groups is 2. The first-order valence-electron chi connectivity index (χ1n) is 9.38. The molecule has 30 heavy (non-hydrogen) atoms. The lowest BCUT2D eigenvalue weighted by Gasteiger charge is -2.06. The fraction of sp³-hybridized carbons (Fsp3) is 0. The first-order valence-corrected chi connectivity index (χ1v) is 11.0. The molecule has 2 N–H and O–H groups in total. The Bertz CT molecular complexity index is 1440. The number of phenolic OH excluding ortho intramolecular Hbond substituents is 2. The van der Waals surface area contributed by atoms with E-state index < -0.39 is 0 Å². The summed E-state index contributed by atoms with van der Waals surface area (Å²) in [5, 5.41) is 25.7. The molecule has 0 saturated heterocycles. The first-order chi connectivity index (χ1) is 14.7. The fourth-order valence-electron chi connectivity index (χ4n) is 3.81. The molecule has 4 aromatic carbocycles. The number of hydrogen-bond acceptors (Lipinski definition) is 6. The number of phenols is 2. The molecule has 6 aromatic rings. The van der Waals surface area contributed by atoms with Crippen molar-refractivity contribution in [3.63, 3.8) is 0 Å². The molecule has 6 rings (SSSR count). The van der Waals surface area contributed by atoms with Gasteiger partial charge in [-0.05, 0) is 35.0 Å². The molecule has 0 bridgehead atoms. The van der Waals surface area contributed by atoms with E-state index in [4.69, 9.17) is 9.97 Å². The highest BCUT2D eigenvalue weighted by molar-refractivity contribution is 7.29. The molecule has 0 atom stereocenters. The quantitative estimate of drug-likeness (QED) is 0.319. The third-order valence-electron chi connectivity index (χ3n) is 5.24. The summed E-state index contributed by atoms with van der Waals surface area (Å²) in [5.41, 5.74) is 1.99. The fourth-order valence-corrected chi connectivity index (χ4v) is 5.93. The van der Waals surface area contributed by atoms with E-state index in [1.54, 1.807) is 34.8 Å². The minimum atomic E-state index is 0.271. The van der Waals surface area contributed by atoms with Crippen LogP contribution in [-0.4, -0.2) is 20.2 Å². The van der Waals surface area contributed by atoms with Crippen LogP contribution < -0.4 is 0 Å². The van der Waals surface area contributed by atoms with Gasteiger partial charge in [0.2, 0.25) is 0 Å². The molecule has 4 nitrogen and oxygen atoms in total. The van der Waals surface area contributed by atoms with Gasteiger partial charge in [-0.15, -0.1) is 0 Å². The van der Waals surface area contributed by atoms with Crippen LogP contribution in [0.25, 0.3) is 52.3 Å². The SMILES string of the molecule is Oc1ccc(-c2nc3sc(-c4ccc(O)c5ccccc45)nc3s2)c2ccccc12. The van der Waals surface area contributed by atoms with Gasteiger partial charge in [-0.2, -0.15) is 0 Å². The van der Waals surface area contributed by atoms with Crippen LogP contribution in [-0.2, 0) is 0 Å². The molecular weight excluding hydrogens is 412 g/mol. The Morgan fingerprint density at radius 3 is 1.33 bits per heavy atom. The van der Waals surface area contributed by atoms with E-state index in [2.05, 4.69) is 0 Å². The molecule has 0 aliphatic rings. The standard InChI is InChI=1S/C24H14N2O2S2/c27-19-11-9-17(13-5-1-3-7-15(13)19)21-25-23-24(29-21)26-22(30-23)18-10-12-20(28)16-8-4-2-6-14(16)18/h1-12,27-28H. The molecule has 144 valence electrons. The van der Waals surface area contributed by atoms with Crippen molar-refractivity contribution in [3.05, 3.63) is 72.8 Å². The Morgan fingerprint density at radius 2 is 0.900 bits per heavy atom. The van der Waals surface area contributed by atoms with Crippen LogP contribution >= 0.6 is 22.7 Å². The number of fused-ring (bicyclic) bond motifs is 3. The molecule has 6 heteroatoms. The number of thiazole rings is 2. The largest absolute Gasteiger partial charge is 0.507 e. The van der Waals surface area contributed by atoms with Crippen LogP contribution in [0.4, 0.5) is 0 Å². The Kier molecular flexibility index (Phi) is 3.78. The van der Waals surface area contributed by atoms with Crippen molar-refractivity contribution in [2.24, 2.45) is 0 Å². The topological polar surface area (TPSA) is 66.2 Å². The van der Waals surface area contributed by atoms with Crippen LogP contribution in [0.3, 0.4) is 0 Å². The van der Waals surface area contributed by atoms with E-state index in [-0.39, 0.29) is 11.5 Å². The number of benzene rings is 4. The zero-order chi connectivity index (χ0) is 20.2. The molecule has 2 heterocycles. The Morgan fingerprint density at radius 1 is 0.500 bits per heavy atom. The summed E-state index contributed by atoms with van der Waals surface area (Å²) in [7, 11) is 0. The summed E-state index contributed by atoms with van der Waals surface area (Å²) in [6, 6.07) is 22.9. The van der Waals surface area contributed by atoms with Crippen molar-refractivity contribution in [3.8, 4) is 32.6 Å². The average Bonchev–Trinajstić information content (AvgIpc) is 3.34. The molecule has 0 radical (unpaired) electrons. The van der Waals surface area contributed by atoms with Crippen LogP contribution in [0.15, 0.2) is 72.8 Å². The molecule has 0 aliphatic carbocycles. The maximum atomic E-state index is 10.2. The van der Waals surface area contributed by atoms with Gasteiger partial charge in [-0.25, -0.2) is 9.97 Å². The highest BCUT2D eigenvalue weighted by Crippen LogP contribution is 2.42. The van der Waals surface area contributed by atoms with Gasteiger partial charge in [-0.3, -0.25) is 0 Å². The smallest absolute Gasteiger partial charge is 0.155 e. The monoisotopic (exact) mass is 426 g/mol. The van der Waals surface area contributed by atoms with Crippen LogP contribution in [0.1, 0.15) is 0 Å². The minimum Gasteiger partial charge on any atom is -0.507 e. The summed E-state index contributed by atoms with van der Waals surface area (Å²) in [4.78, 5) is 11.5. The van der Waals surface area contributed by atoms with Gasteiger partial charge in [0.15, 0.2) is 9.66 Å². The zero-order valence-corrected chi connectivity index (χ0v) is 17.2. The molecule has 2 aromatic heterocycles. The molecular formula is C24H14N2O2S2. The van der Waals surface area contributed by atoms with Gasteiger partial charge < -0.3 is 10.2 Å². The lowest BCUT2D eigenvalue weighted by atomic mass is 10.0. The molecule has 0 fully saturated rings. The van der Waals surface area contributed by atoms with Crippen LogP contribution in [0.5, 0.6) is 11.5 Å². The van der Waals surface area contributed by atoms with Crippen molar-refractivity contribution in [2.75, 3.05) is 0 Å². The van der Waals surface area contributed by atoms with E-state index >= 15 is 0 Å². The van der Waals surface area contributed by atoms with Gasteiger partial charge in [0.05, 0.1) is 0 Å². The van der Waals surface area contributed by atoms with E-state index in [1.165, 1.54) is 0 Å². The van der Waals surface area contributed by atoms with E-state index in [0.717, 1.165) is 52.3 Å². The summed E-state index contributed by atoms with van der Waals surface area (Å²) in [5.74, 6) is 0.541. The Balaban J connectivity index is 1.50. The van der Waals surface area contributed by atoms with E-state index in [1.807, 2.05) is 60.7 Å². The second kappa shape index (κ2) is 6.52. The molecule has 0 amide bonds. The summed E-state index contributed by atoms with van der Waals surface area (Å²) in [6.45, 7) is 0. The van der Waals surface area contributed by atoms with Crippen LogP contribution in [0, 0.1) is 0 Å². The van der Waals surface area contributed by atoms with Crippen molar-refractivity contribution in [2.45, 2.75) is 0 Å². The normalized spacial score (nSPS) is 11.6. The Labute approximate surface area is 179 Å². The predicted octanol–water partition coefficient (Wildman–Crippen LogP) is 6.80. The number of aromatic nitrogens is 2. The first kappa shape index (κ1) is 17.4. The van der Waals surface area contributed by atoms with Crippen molar-refractivity contribution in [1.82, 2.24) is 9.97 Å². The minimum absolute atomic E-state index is 0.271. The summed E-state index contributed by atoms with van der Waals surface area (Å²) in [6.07, 6.45) is 0. The Hall–Kier alpha value is -3.48. The maximum absolute atomic E-state index is 10.2. The number of hydrogen-bond donors (Lipinski definition) is 2. The van der Waals surface area contributed by atoms with Crippen LogP contribution in [0.2, 0.25) is 0 Å². The molecule has 0 spiro atoms. The molecule has 0 saturated carbocycles. The third kappa shape index (κ3) is 2.58. The predicted molar refractivity (Wildman–Crippen MR) is 125 cm³/mol. The van der Waals surface area contributed by atoms with Gasteiger partial charge >= 0.3 is 0 Å². The average molecular weight is 427 g/mol. The number of rotatable bonds is 2. The zero-order valence-electron chi connectivity index (χ0n) is 15.5. The van der Waals surface area contributed by atoms with Crippen molar-refractivity contribution < 1.29 is 10.2 Å². The molecule has 0 unspecified atom stereocenters. The van der Waals surface area contributed by atoms with Gasteiger partial charge in [0, 0.05) is 21.9 Å². The highest BCUT2D eigenvalue weighted by atomic mass is 32.1. The second-order valence-corrected chi connectivity index (χ2v) is 8.96. The summed E-state index contributed by atoms with van der Waals surface area (Å²) < 4.78 is 0. The van der Waals surface area contributed by atoms with Gasteiger partial charge in [-0.1, -0.05) is 71.2 Å². The number of nitrogens with zero attached hydrogens (tertiary/aromatic N) is 2. The lowest BCUT2D eigenvalue weighted by molar-refractivity contribution is 0.481. The summed E-state index contributed by atoms with van der Waals surface area (Å²) >= 11 is 3.10. The van der Waals surface area contributed by atoms with E-state index in [9.17, 15) is 10.2 Å². The lowest BCUT2D eigenvalue weighted by Crippen LogP contribution is -1.81. The van der Waals surface area contributed by atoms with Gasteiger partial charge in [0.1, 0.15) is 21.5 Å². The van der Waals surface area contributed by atoms with E-state index in [0.29, 0.717) is 0 Å².